The minimum Gasteiger partial charge on any atom is -0.497 e. The molecule has 3 N–H and O–H groups in total. The predicted molar refractivity (Wildman–Crippen MR) is 115 cm³/mol. The molecular formula is C23H27N3O7. The number of aliphatic hydroxyl groups excluding tert-OH is 1. The molecule has 3 heterocycles. The number of amides is 3. The van der Waals surface area contributed by atoms with Gasteiger partial charge in [0, 0.05) is 11.6 Å². The molecule has 0 spiro atoms. The fraction of sp³-hybridized carbons (Fsp3) is 0.478. The van der Waals surface area contributed by atoms with Gasteiger partial charge in [0.1, 0.15) is 23.9 Å². The quantitative estimate of drug-likeness (QED) is 0.426. The predicted octanol–water partition coefficient (Wildman–Crippen LogP) is 0.253. The van der Waals surface area contributed by atoms with Crippen molar-refractivity contribution in [3.63, 3.8) is 0 Å². The van der Waals surface area contributed by atoms with Crippen LogP contribution in [-0.2, 0) is 19.1 Å². The molecule has 3 amide bonds. The second-order valence-electron chi connectivity index (χ2n) is 8.39. The number of carbonyl (C=O) groups is 4. The van der Waals surface area contributed by atoms with Crippen molar-refractivity contribution >= 4 is 23.7 Å². The van der Waals surface area contributed by atoms with Crippen LogP contribution in [0.1, 0.15) is 42.5 Å². The molecule has 10 heteroatoms. The largest absolute Gasteiger partial charge is 0.497 e. The molecule has 10 nitrogen and oxygen atoms in total. The Balaban J connectivity index is 1.49. The molecule has 4 rings (SSSR count). The van der Waals surface area contributed by atoms with Gasteiger partial charge in [-0.3, -0.25) is 19.2 Å². The van der Waals surface area contributed by atoms with Gasteiger partial charge in [-0.2, -0.15) is 0 Å². The molecular weight excluding hydrogens is 430 g/mol. The SMILES string of the molecule is COc1cccc(C(=O)N[C@@H]2C/C=C\C[C@@H]3CC[C@@H](C(=O)NC4CC(=O)OC4O)N3C2=O)c1. The van der Waals surface area contributed by atoms with Gasteiger partial charge < -0.3 is 30.1 Å². The van der Waals surface area contributed by atoms with Crippen molar-refractivity contribution in [1.82, 2.24) is 15.5 Å². The van der Waals surface area contributed by atoms with Crippen LogP contribution in [-0.4, -0.2) is 71.3 Å². The molecule has 0 aromatic heterocycles. The number of carbonyl (C=O) groups excluding carboxylic acids is 4. The molecule has 0 saturated carbocycles. The third kappa shape index (κ3) is 4.85. The number of ether oxygens (including phenoxy) is 2. The number of nitrogens with zero attached hydrogens (tertiary/aromatic N) is 1. The van der Waals surface area contributed by atoms with Crippen LogP contribution in [0.4, 0.5) is 0 Å². The number of hydrogen-bond donors (Lipinski definition) is 3. The Labute approximate surface area is 190 Å². The topological polar surface area (TPSA) is 134 Å². The second-order valence-corrected chi connectivity index (χ2v) is 8.39. The zero-order valence-corrected chi connectivity index (χ0v) is 18.2. The summed E-state index contributed by atoms with van der Waals surface area (Å²) in [4.78, 5) is 52.2. The smallest absolute Gasteiger partial charge is 0.310 e. The van der Waals surface area contributed by atoms with Crippen molar-refractivity contribution in [3.05, 3.63) is 42.0 Å². The third-order valence-electron chi connectivity index (χ3n) is 6.25. The number of hydrogen-bond acceptors (Lipinski definition) is 7. The van der Waals surface area contributed by atoms with Gasteiger partial charge in [0.2, 0.25) is 18.1 Å². The van der Waals surface area contributed by atoms with Crippen LogP contribution in [0.15, 0.2) is 36.4 Å². The van der Waals surface area contributed by atoms with E-state index in [4.69, 9.17) is 4.74 Å². The van der Waals surface area contributed by atoms with Crippen molar-refractivity contribution < 1.29 is 33.8 Å². The summed E-state index contributed by atoms with van der Waals surface area (Å²) in [6, 6.07) is 4.01. The summed E-state index contributed by atoms with van der Waals surface area (Å²) in [5.41, 5.74) is 0.361. The van der Waals surface area contributed by atoms with Crippen LogP contribution in [0.5, 0.6) is 5.75 Å². The average Bonchev–Trinajstić information content (AvgIpc) is 3.36. The van der Waals surface area contributed by atoms with Gasteiger partial charge in [0.15, 0.2) is 0 Å². The summed E-state index contributed by atoms with van der Waals surface area (Å²) >= 11 is 0. The molecule has 0 bridgehead atoms. The Morgan fingerprint density at radius 3 is 2.67 bits per heavy atom. The van der Waals surface area contributed by atoms with Gasteiger partial charge in [-0.05, 0) is 43.9 Å². The van der Waals surface area contributed by atoms with Crippen molar-refractivity contribution in [2.24, 2.45) is 0 Å². The van der Waals surface area contributed by atoms with Crippen LogP contribution in [0, 0.1) is 0 Å². The van der Waals surface area contributed by atoms with Crippen molar-refractivity contribution in [1.29, 1.82) is 0 Å². The number of aliphatic hydroxyl groups is 1. The Hall–Kier alpha value is -3.40. The molecule has 0 radical (unpaired) electrons. The summed E-state index contributed by atoms with van der Waals surface area (Å²) in [6.45, 7) is 0. The highest BCUT2D eigenvalue weighted by Gasteiger charge is 2.45. The molecule has 176 valence electrons. The number of methoxy groups -OCH3 is 1. The van der Waals surface area contributed by atoms with E-state index in [1.165, 1.54) is 7.11 Å². The minimum atomic E-state index is -1.40. The van der Waals surface area contributed by atoms with Crippen LogP contribution >= 0.6 is 0 Å². The lowest BCUT2D eigenvalue weighted by Gasteiger charge is -2.34. The van der Waals surface area contributed by atoms with Crippen molar-refractivity contribution in [2.45, 2.75) is 62.6 Å². The van der Waals surface area contributed by atoms with Crippen LogP contribution in [0.2, 0.25) is 0 Å². The third-order valence-corrected chi connectivity index (χ3v) is 6.25. The normalized spacial score (nSPS) is 30.0. The number of fused-ring (bicyclic) bond motifs is 1. The van der Waals surface area contributed by atoms with E-state index in [1.54, 1.807) is 29.2 Å². The minimum absolute atomic E-state index is 0.126. The first-order chi connectivity index (χ1) is 15.9. The van der Waals surface area contributed by atoms with Crippen molar-refractivity contribution in [2.75, 3.05) is 7.11 Å². The van der Waals surface area contributed by atoms with E-state index >= 15 is 0 Å². The first kappa shape index (κ1) is 22.8. The Bertz CT molecular complexity index is 979. The summed E-state index contributed by atoms with van der Waals surface area (Å²) in [5.74, 6) is -1.26. The lowest BCUT2D eigenvalue weighted by Crippen LogP contribution is -2.57. The van der Waals surface area contributed by atoms with Gasteiger partial charge in [0.05, 0.1) is 13.5 Å². The summed E-state index contributed by atoms with van der Waals surface area (Å²) in [5, 5.41) is 15.2. The maximum absolute atomic E-state index is 13.5. The fourth-order valence-electron chi connectivity index (χ4n) is 4.54. The van der Waals surface area contributed by atoms with E-state index in [0.29, 0.717) is 37.0 Å². The monoisotopic (exact) mass is 457 g/mol. The number of cyclic esters (lactones) is 1. The standard InChI is InChI=1S/C23H27N3O7/c1-32-15-7-4-5-13(11-15)20(28)24-16-8-3-2-6-14-9-10-18(26(14)22(16)30)21(29)25-17-12-19(27)33-23(17)31/h2-5,7,11,14,16-18,23,31H,6,8-10,12H2,1H3,(H,24,28)(H,25,29)/b3-2-/t14-,16-,17?,18+,23?/m1/s1. The Kier molecular flexibility index (Phi) is 6.64. The fourth-order valence-corrected chi connectivity index (χ4v) is 4.54. The van der Waals surface area contributed by atoms with Crippen LogP contribution in [0.3, 0.4) is 0 Å². The molecule has 1 aromatic rings. The van der Waals surface area contributed by atoms with Crippen LogP contribution in [0.25, 0.3) is 0 Å². The highest BCUT2D eigenvalue weighted by molar-refractivity contribution is 5.99. The summed E-state index contributed by atoms with van der Waals surface area (Å²) in [7, 11) is 1.51. The first-order valence-electron chi connectivity index (χ1n) is 11.0. The van der Waals surface area contributed by atoms with Gasteiger partial charge in [-0.15, -0.1) is 0 Å². The lowest BCUT2D eigenvalue weighted by atomic mass is 10.0. The van der Waals surface area contributed by atoms with E-state index in [2.05, 4.69) is 15.4 Å². The highest BCUT2D eigenvalue weighted by atomic mass is 16.6. The lowest BCUT2D eigenvalue weighted by molar-refractivity contribution is -0.155. The van der Waals surface area contributed by atoms with Gasteiger partial charge in [0.25, 0.3) is 5.91 Å². The van der Waals surface area contributed by atoms with E-state index in [0.717, 1.165) is 0 Å². The molecule has 2 unspecified atom stereocenters. The molecule has 3 aliphatic heterocycles. The molecule has 2 fully saturated rings. The van der Waals surface area contributed by atoms with Gasteiger partial charge >= 0.3 is 5.97 Å². The molecule has 5 atom stereocenters. The maximum atomic E-state index is 13.5. The Morgan fingerprint density at radius 1 is 1.15 bits per heavy atom. The molecule has 3 aliphatic rings. The van der Waals surface area contributed by atoms with E-state index < -0.39 is 42.2 Å². The first-order valence-corrected chi connectivity index (χ1v) is 11.0. The molecule has 2 saturated heterocycles. The van der Waals surface area contributed by atoms with Gasteiger partial charge in [-0.25, -0.2) is 0 Å². The van der Waals surface area contributed by atoms with Crippen molar-refractivity contribution in [3.8, 4) is 5.75 Å². The molecule has 33 heavy (non-hydrogen) atoms. The van der Waals surface area contributed by atoms with E-state index in [-0.39, 0.29) is 18.4 Å². The molecule has 1 aromatic carbocycles. The highest BCUT2D eigenvalue weighted by Crippen LogP contribution is 2.30. The van der Waals surface area contributed by atoms with E-state index in [1.807, 2.05) is 12.2 Å². The number of benzene rings is 1. The average molecular weight is 457 g/mol. The second kappa shape index (κ2) is 9.62. The number of nitrogens with one attached hydrogen (secondary N) is 2. The zero-order chi connectivity index (χ0) is 23.5. The Morgan fingerprint density at radius 2 is 1.94 bits per heavy atom. The molecule has 0 aliphatic carbocycles. The number of esters is 1. The van der Waals surface area contributed by atoms with Crippen LogP contribution < -0.4 is 15.4 Å². The summed E-state index contributed by atoms with van der Waals surface area (Å²) in [6.07, 6.45) is 4.30. The summed E-state index contributed by atoms with van der Waals surface area (Å²) < 4.78 is 9.84. The van der Waals surface area contributed by atoms with Gasteiger partial charge in [-0.1, -0.05) is 18.2 Å². The maximum Gasteiger partial charge on any atom is 0.310 e. The van der Waals surface area contributed by atoms with E-state index in [9.17, 15) is 24.3 Å². The zero-order valence-electron chi connectivity index (χ0n) is 18.2. The number of rotatable bonds is 5.